The summed E-state index contributed by atoms with van der Waals surface area (Å²) in [5.74, 6) is -0.940. The van der Waals surface area contributed by atoms with Crippen LogP contribution in [0.1, 0.15) is 16.7 Å². The first kappa shape index (κ1) is 18.0. The number of aromatic hydroxyl groups is 1. The summed E-state index contributed by atoms with van der Waals surface area (Å²) >= 11 is 0. The number of benzene rings is 3. The van der Waals surface area contributed by atoms with E-state index in [0.29, 0.717) is 19.0 Å². The van der Waals surface area contributed by atoms with Crippen molar-refractivity contribution in [1.29, 1.82) is 5.26 Å². The third-order valence-electron chi connectivity index (χ3n) is 4.49. The van der Waals surface area contributed by atoms with Crippen LogP contribution >= 0.6 is 0 Å². The number of hydrogen-bond acceptors (Lipinski definition) is 5. The third-order valence-corrected chi connectivity index (χ3v) is 4.49. The first-order valence-electron chi connectivity index (χ1n) is 8.67. The molecule has 3 aromatic rings. The van der Waals surface area contributed by atoms with Crippen LogP contribution in [0.5, 0.6) is 17.2 Å². The van der Waals surface area contributed by atoms with Gasteiger partial charge in [-0.3, -0.25) is 0 Å². The number of hydrogen-bond donors (Lipinski definition) is 1. The highest BCUT2D eigenvalue weighted by atomic mass is 19.1. The Morgan fingerprint density at radius 3 is 2.14 bits per heavy atom. The van der Waals surface area contributed by atoms with Gasteiger partial charge in [0.25, 0.3) is 0 Å². The summed E-state index contributed by atoms with van der Waals surface area (Å²) < 4.78 is 31.3. The maximum atomic E-state index is 13.7. The van der Waals surface area contributed by atoms with Crippen LogP contribution in [0.4, 0.5) is 4.39 Å². The number of nitriles is 1. The summed E-state index contributed by atoms with van der Waals surface area (Å²) in [6.07, 6.45) is 0. The SMILES string of the molecule is N#Cc1c(F)cccc1Oc1ccc(C2(c3ccc(O)cc3)OCCO2)cc1. The van der Waals surface area contributed by atoms with Gasteiger partial charge in [-0.25, -0.2) is 4.39 Å². The molecule has 0 spiro atoms. The lowest BCUT2D eigenvalue weighted by Crippen LogP contribution is -2.28. The number of nitrogens with zero attached hydrogens (tertiary/aromatic N) is 1. The fraction of sp³-hybridized carbons (Fsp3) is 0.136. The molecule has 0 aromatic heterocycles. The molecule has 1 heterocycles. The van der Waals surface area contributed by atoms with E-state index < -0.39 is 11.6 Å². The van der Waals surface area contributed by atoms with Crippen molar-refractivity contribution in [3.05, 3.63) is 89.2 Å². The molecule has 0 amide bonds. The van der Waals surface area contributed by atoms with Crippen LogP contribution < -0.4 is 4.74 Å². The predicted molar refractivity (Wildman–Crippen MR) is 98.4 cm³/mol. The molecule has 140 valence electrons. The van der Waals surface area contributed by atoms with Gasteiger partial charge in [0.05, 0.1) is 13.2 Å². The summed E-state index contributed by atoms with van der Waals surface area (Å²) in [5.41, 5.74) is 1.37. The summed E-state index contributed by atoms with van der Waals surface area (Å²) in [6.45, 7) is 0.877. The van der Waals surface area contributed by atoms with E-state index in [4.69, 9.17) is 19.5 Å². The number of rotatable bonds is 4. The highest BCUT2D eigenvalue weighted by Gasteiger charge is 2.40. The number of halogens is 1. The lowest BCUT2D eigenvalue weighted by molar-refractivity contribution is -0.129. The van der Waals surface area contributed by atoms with Crippen molar-refractivity contribution in [2.24, 2.45) is 0 Å². The lowest BCUT2D eigenvalue weighted by atomic mass is 9.97. The lowest BCUT2D eigenvalue weighted by Gasteiger charge is -2.28. The number of phenolic OH excluding ortho intramolecular Hbond substituents is 1. The molecule has 28 heavy (non-hydrogen) atoms. The van der Waals surface area contributed by atoms with Gasteiger partial charge in [0.2, 0.25) is 5.79 Å². The average molecular weight is 377 g/mol. The molecule has 1 aliphatic heterocycles. The van der Waals surface area contributed by atoms with Gasteiger partial charge in [-0.15, -0.1) is 0 Å². The highest BCUT2D eigenvalue weighted by Crippen LogP contribution is 2.39. The molecule has 0 bridgehead atoms. The van der Waals surface area contributed by atoms with Gasteiger partial charge >= 0.3 is 0 Å². The monoisotopic (exact) mass is 377 g/mol. The molecule has 0 aliphatic carbocycles. The number of phenols is 1. The fourth-order valence-corrected chi connectivity index (χ4v) is 3.16. The van der Waals surface area contributed by atoms with E-state index in [0.717, 1.165) is 11.1 Å². The van der Waals surface area contributed by atoms with Gasteiger partial charge in [-0.2, -0.15) is 5.26 Å². The molecule has 0 atom stereocenters. The summed E-state index contributed by atoms with van der Waals surface area (Å²) in [7, 11) is 0. The van der Waals surface area contributed by atoms with E-state index in [1.54, 1.807) is 48.5 Å². The van der Waals surface area contributed by atoms with Crippen molar-refractivity contribution in [3.8, 4) is 23.3 Å². The topological polar surface area (TPSA) is 71.7 Å². The zero-order valence-corrected chi connectivity index (χ0v) is 14.8. The second kappa shape index (κ2) is 7.31. The van der Waals surface area contributed by atoms with Crippen LogP contribution in [0.3, 0.4) is 0 Å². The number of ether oxygens (including phenoxy) is 3. The van der Waals surface area contributed by atoms with Crippen LogP contribution in [-0.4, -0.2) is 18.3 Å². The summed E-state index contributed by atoms with van der Waals surface area (Å²) in [4.78, 5) is 0. The molecule has 1 fully saturated rings. The minimum atomic E-state index is -1.07. The molecule has 3 aromatic carbocycles. The Labute approximate surface area is 161 Å². The molecule has 0 saturated carbocycles. The molecular weight excluding hydrogens is 361 g/mol. The van der Waals surface area contributed by atoms with E-state index in [9.17, 15) is 9.50 Å². The van der Waals surface area contributed by atoms with Gasteiger partial charge < -0.3 is 19.3 Å². The highest BCUT2D eigenvalue weighted by molar-refractivity contribution is 5.47. The molecule has 4 rings (SSSR count). The van der Waals surface area contributed by atoms with E-state index >= 15 is 0 Å². The van der Waals surface area contributed by atoms with E-state index in [1.165, 1.54) is 18.2 Å². The van der Waals surface area contributed by atoms with Crippen LogP contribution in [0.15, 0.2) is 66.7 Å². The standard InChI is InChI=1S/C22H16FNO4/c23-20-2-1-3-21(19(20)14-24)28-18-10-6-16(7-11-18)22(26-12-13-27-22)15-4-8-17(25)9-5-15/h1-11,25H,12-13H2. The first-order valence-corrected chi connectivity index (χ1v) is 8.67. The minimum absolute atomic E-state index is 0.144. The van der Waals surface area contributed by atoms with Crippen LogP contribution in [0.25, 0.3) is 0 Å². The summed E-state index contributed by atoms with van der Waals surface area (Å²) in [5, 5.41) is 18.7. The molecule has 0 radical (unpaired) electrons. The normalized spacial score (nSPS) is 15.1. The van der Waals surface area contributed by atoms with Crippen LogP contribution in [-0.2, 0) is 15.3 Å². The van der Waals surface area contributed by atoms with Crippen molar-refractivity contribution in [1.82, 2.24) is 0 Å². The molecule has 1 N–H and O–H groups in total. The Bertz CT molecular complexity index is 1020. The first-order chi connectivity index (χ1) is 13.6. The maximum absolute atomic E-state index is 13.7. The summed E-state index contributed by atoms with van der Waals surface area (Å²) in [6, 6.07) is 19.7. The van der Waals surface area contributed by atoms with Crippen LogP contribution in [0, 0.1) is 17.1 Å². The zero-order valence-electron chi connectivity index (χ0n) is 14.8. The Kier molecular flexibility index (Phi) is 4.70. The smallest absolute Gasteiger partial charge is 0.222 e. The second-order valence-corrected chi connectivity index (χ2v) is 6.21. The van der Waals surface area contributed by atoms with Crippen LogP contribution in [0.2, 0.25) is 0 Å². The molecular formula is C22H16FNO4. The Morgan fingerprint density at radius 1 is 0.929 bits per heavy atom. The molecule has 6 heteroatoms. The minimum Gasteiger partial charge on any atom is -0.508 e. The van der Waals surface area contributed by atoms with Gasteiger partial charge in [-0.1, -0.05) is 6.07 Å². The van der Waals surface area contributed by atoms with Crippen molar-refractivity contribution in [2.45, 2.75) is 5.79 Å². The second-order valence-electron chi connectivity index (χ2n) is 6.21. The van der Waals surface area contributed by atoms with Gasteiger partial charge in [0, 0.05) is 11.1 Å². The van der Waals surface area contributed by atoms with E-state index in [-0.39, 0.29) is 17.1 Å². The van der Waals surface area contributed by atoms with Crippen molar-refractivity contribution < 1.29 is 23.7 Å². The predicted octanol–water partition coefficient (Wildman–Crippen LogP) is 4.44. The molecule has 0 unspecified atom stereocenters. The molecule has 5 nitrogen and oxygen atoms in total. The Morgan fingerprint density at radius 2 is 1.54 bits per heavy atom. The van der Waals surface area contributed by atoms with Gasteiger partial charge in [0.15, 0.2) is 0 Å². The van der Waals surface area contributed by atoms with E-state index in [2.05, 4.69) is 0 Å². The zero-order chi connectivity index (χ0) is 19.6. The van der Waals surface area contributed by atoms with Gasteiger partial charge in [0.1, 0.15) is 34.7 Å². The van der Waals surface area contributed by atoms with Gasteiger partial charge in [-0.05, 0) is 60.7 Å². The van der Waals surface area contributed by atoms with Crippen molar-refractivity contribution in [3.63, 3.8) is 0 Å². The Hall–Kier alpha value is -3.40. The van der Waals surface area contributed by atoms with E-state index in [1.807, 2.05) is 6.07 Å². The fourth-order valence-electron chi connectivity index (χ4n) is 3.16. The molecule has 1 aliphatic rings. The largest absolute Gasteiger partial charge is 0.508 e. The third kappa shape index (κ3) is 3.18. The Balaban J connectivity index is 1.65. The quantitative estimate of drug-likeness (QED) is 0.728. The van der Waals surface area contributed by atoms with Crippen molar-refractivity contribution in [2.75, 3.05) is 13.2 Å². The maximum Gasteiger partial charge on any atom is 0.222 e. The molecule has 1 saturated heterocycles. The van der Waals surface area contributed by atoms with Crippen molar-refractivity contribution >= 4 is 0 Å². The average Bonchev–Trinajstić information content (AvgIpc) is 3.20.